The molecule has 0 aromatic rings. The zero-order valence-corrected chi connectivity index (χ0v) is 11.2. The van der Waals surface area contributed by atoms with Crippen LogP contribution in [0.2, 0.25) is 0 Å². The SMILES string of the molecule is CC(CNC(=O)NC1(C)CCS(=O)(=O)C1)C(=O)O. The third-order valence-corrected chi connectivity index (χ3v) is 4.81. The Labute approximate surface area is 106 Å². The second-order valence-corrected chi connectivity index (χ2v) is 7.16. The Morgan fingerprint density at radius 1 is 1.44 bits per heavy atom. The fourth-order valence-corrected chi connectivity index (χ4v) is 3.85. The molecule has 1 aliphatic rings. The van der Waals surface area contributed by atoms with Gasteiger partial charge in [-0.05, 0) is 13.3 Å². The van der Waals surface area contributed by atoms with Crippen molar-refractivity contribution >= 4 is 21.8 Å². The van der Waals surface area contributed by atoms with E-state index in [1.54, 1.807) is 6.92 Å². The number of sulfone groups is 1. The highest BCUT2D eigenvalue weighted by atomic mass is 32.2. The van der Waals surface area contributed by atoms with Crippen LogP contribution >= 0.6 is 0 Å². The molecule has 1 saturated heterocycles. The van der Waals surface area contributed by atoms with E-state index in [9.17, 15) is 18.0 Å². The molecule has 0 radical (unpaired) electrons. The van der Waals surface area contributed by atoms with Crippen LogP contribution in [0.1, 0.15) is 20.3 Å². The molecule has 2 atom stereocenters. The number of hydrogen-bond acceptors (Lipinski definition) is 4. The summed E-state index contributed by atoms with van der Waals surface area (Å²) in [5.41, 5.74) is -0.768. The molecule has 0 spiro atoms. The van der Waals surface area contributed by atoms with E-state index in [0.717, 1.165) is 0 Å². The van der Waals surface area contributed by atoms with Crippen LogP contribution < -0.4 is 10.6 Å². The Morgan fingerprint density at radius 3 is 2.50 bits per heavy atom. The van der Waals surface area contributed by atoms with Crippen molar-refractivity contribution in [2.45, 2.75) is 25.8 Å². The van der Waals surface area contributed by atoms with Crippen LogP contribution in [-0.4, -0.2) is 49.1 Å². The number of carbonyl (C=O) groups excluding carboxylic acids is 1. The van der Waals surface area contributed by atoms with E-state index in [0.29, 0.717) is 6.42 Å². The first-order valence-electron chi connectivity index (χ1n) is 5.63. The number of carboxylic acid groups (broad SMARTS) is 1. The summed E-state index contributed by atoms with van der Waals surface area (Å²) >= 11 is 0. The molecule has 0 bridgehead atoms. The number of aliphatic carboxylic acids is 1. The predicted molar refractivity (Wildman–Crippen MR) is 65.0 cm³/mol. The first kappa shape index (κ1) is 14.7. The summed E-state index contributed by atoms with van der Waals surface area (Å²) in [5, 5.41) is 13.6. The summed E-state index contributed by atoms with van der Waals surface area (Å²) in [6.07, 6.45) is 0.372. The molecule has 0 aliphatic carbocycles. The summed E-state index contributed by atoms with van der Waals surface area (Å²) in [6.45, 7) is 3.14. The van der Waals surface area contributed by atoms with Crippen LogP contribution in [0.15, 0.2) is 0 Å². The number of amides is 2. The van der Waals surface area contributed by atoms with Crippen LogP contribution in [0.3, 0.4) is 0 Å². The van der Waals surface area contributed by atoms with Crippen LogP contribution in [0.25, 0.3) is 0 Å². The van der Waals surface area contributed by atoms with Gasteiger partial charge in [0.2, 0.25) is 0 Å². The molecule has 18 heavy (non-hydrogen) atoms. The maximum atomic E-state index is 11.5. The number of urea groups is 1. The molecular formula is C10H18N2O5S. The Hall–Kier alpha value is -1.31. The van der Waals surface area contributed by atoms with Crippen LogP contribution in [-0.2, 0) is 14.6 Å². The fraction of sp³-hybridized carbons (Fsp3) is 0.800. The molecule has 1 rings (SSSR count). The third-order valence-electron chi connectivity index (χ3n) is 2.91. The van der Waals surface area contributed by atoms with Crippen molar-refractivity contribution in [1.29, 1.82) is 0 Å². The van der Waals surface area contributed by atoms with E-state index in [1.165, 1.54) is 6.92 Å². The Bertz CT molecular complexity index is 447. The number of carboxylic acids is 1. The highest BCUT2D eigenvalue weighted by Gasteiger charge is 2.39. The van der Waals surface area contributed by atoms with E-state index in [1.807, 2.05) is 0 Å². The van der Waals surface area contributed by atoms with Crippen molar-refractivity contribution in [3.05, 3.63) is 0 Å². The molecule has 104 valence electrons. The van der Waals surface area contributed by atoms with Gasteiger partial charge < -0.3 is 15.7 Å². The maximum Gasteiger partial charge on any atom is 0.315 e. The molecule has 8 heteroatoms. The molecule has 2 unspecified atom stereocenters. The molecule has 0 aromatic carbocycles. The second kappa shape index (κ2) is 5.13. The monoisotopic (exact) mass is 278 g/mol. The quantitative estimate of drug-likeness (QED) is 0.646. The van der Waals surface area contributed by atoms with Gasteiger partial charge in [-0.15, -0.1) is 0 Å². The lowest BCUT2D eigenvalue weighted by atomic mass is 10.0. The lowest BCUT2D eigenvalue weighted by molar-refractivity contribution is -0.140. The van der Waals surface area contributed by atoms with E-state index in [-0.39, 0.29) is 18.1 Å². The summed E-state index contributed by atoms with van der Waals surface area (Å²) in [4.78, 5) is 22.1. The first-order chi connectivity index (χ1) is 8.14. The molecule has 1 heterocycles. The average Bonchev–Trinajstić information content (AvgIpc) is 2.49. The standard InChI is InChI=1S/C10H18N2O5S/c1-7(8(13)14)5-11-9(15)12-10(2)3-4-18(16,17)6-10/h7H,3-6H2,1-2H3,(H,13,14)(H2,11,12,15). The van der Waals surface area contributed by atoms with Gasteiger partial charge in [-0.2, -0.15) is 0 Å². The molecule has 2 amide bonds. The van der Waals surface area contributed by atoms with Gasteiger partial charge in [0.1, 0.15) is 0 Å². The maximum absolute atomic E-state index is 11.5. The summed E-state index contributed by atoms with van der Waals surface area (Å²) in [7, 11) is -3.08. The zero-order chi connectivity index (χ0) is 14.0. The highest BCUT2D eigenvalue weighted by Crippen LogP contribution is 2.22. The lowest BCUT2D eigenvalue weighted by Crippen LogP contribution is -2.51. The van der Waals surface area contributed by atoms with Gasteiger partial charge in [0.25, 0.3) is 0 Å². The van der Waals surface area contributed by atoms with Gasteiger partial charge in [-0.3, -0.25) is 4.79 Å². The Kier molecular flexibility index (Phi) is 4.20. The van der Waals surface area contributed by atoms with E-state index in [2.05, 4.69) is 10.6 Å². The largest absolute Gasteiger partial charge is 0.481 e. The van der Waals surface area contributed by atoms with Crippen LogP contribution in [0.4, 0.5) is 4.79 Å². The minimum atomic E-state index is -3.08. The minimum Gasteiger partial charge on any atom is -0.481 e. The number of hydrogen-bond donors (Lipinski definition) is 3. The molecular weight excluding hydrogens is 260 g/mol. The second-order valence-electron chi connectivity index (χ2n) is 4.98. The van der Waals surface area contributed by atoms with Crippen LogP contribution in [0.5, 0.6) is 0 Å². The molecule has 1 aliphatic heterocycles. The van der Waals surface area contributed by atoms with Crippen molar-refractivity contribution in [2.24, 2.45) is 5.92 Å². The number of carbonyl (C=O) groups is 2. The van der Waals surface area contributed by atoms with E-state index >= 15 is 0 Å². The fourth-order valence-electron chi connectivity index (χ4n) is 1.76. The lowest BCUT2D eigenvalue weighted by Gasteiger charge is -2.24. The third kappa shape index (κ3) is 4.17. The van der Waals surface area contributed by atoms with E-state index < -0.39 is 33.3 Å². The number of nitrogens with one attached hydrogen (secondary N) is 2. The van der Waals surface area contributed by atoms with Crippen molar-refractivity contribution in [3.8, 4) is 0 Å². The van der Waals surface area contributed by atoms with Gasteiger partial charge in [0.15, 0.2) is 9.84 Å². The molecule has 7 nitrogen and oxygen atoms in total. The zero-order valence-electron chi connectivity index (χ0n) is 10.4. The first-order valence-corrected chi connectivity index (χ1v) is 7.45. The van der Waals surface area contributed by atoms with Crippen molar-refractivity contribution < 1.29 is 23.1 Å². The molecule has 0 aromatic heterocycles. The summed E-state index contributed by atoms with van der Waals surface area (Å²) < 4.78 is 22.7. The van der Waals surface area contributed by atoms with Gasteiger partial charge in [-0.1, -0.05) is 6.92 Å². The topological polar surface area (TPSA) is 113 Å². The Morgan fingerprint density at radius 2 is 2.06 bits per heavy atom. The average molecular weight is 278 g/mol. The normalized spacial score (nSPS) is 27.4. The van der Waals surface area contributed by atoms with Gasteiger partial charge in [0, 0.05) is 6.54 Å². The highest BCUT2D eigenvalue weighted by molar-refractivity contribution is 7.91. The number of rotatable bonds is 4. The van der Waals surface area contributed by atoms with Crippen LogP contribution in [0, 0.1) is 5.92 Å². The molecule has 3 N–H and O–H groups in total. The minimum absolute atomic E-state index is 0.00396. The van der Waals surface area contributed by atoms with Crippen molar-refractivity contribution in [1.82, 2.24) is 10.6 Å². The molecule has 0 saturated carbocycles. The molecule has 1 fully saturated rings. The van der Waals surface area contributed by atoms with E-state index in [4.69, 9.17) is 5.11 Å². The summed E-state index contributed by atoms with van der Waals surface area (Å²) in [6, 6.07) is -0.539. The van der Waals surface area contributed by atoms with Gasteiger partial charge in [0.05, 0.1) is 23.0 Å². The summed E-state index contributed by atoms with van der Waals surface area (Å²) in [5.74, 6) is -1.70. The van der Waals surface area contributed by atoms with Gasteiger partial charge >= 0.3 is 12.0 Å². The smallest absolute Gasteiger partial charge is 0.315 e. The van der Waals surface area contributed by atoms with Crippen molar-refractivity contribution in [2.75, 3.05) is 18.1 Å². The van der Waals surface area contributed by atoms with Gasteiger partial charge in [-0.25, -0.2) is 13.2 Å². The van der Waals surface area contributed by atoms with Crippen molar-refractivity contribution in [3.63, 3.8) is 0 Å². The predicted octanol–water partition coefficient (Wildman–Crippen LogP) is -0.416. The Balaban J connectivity index is 2.44.